The first kappa shape index (κ1) is 24.9. The molecule has 8 heteroatoms. The van der Waals surface area contributed by atoms with Crippen LogP contribution in [0.15, 0.2) is 59.5 Å². The third-order valence-corrected chi connectivity index (χ3v) is 7.91. The van der Waals surface area contributed by atoms with Crippen LogP contribution in [0.2, 0.25) is 0 Å². The maximum atomic E-state index is 13.1. The van der Waals surface area contributed by atoms with E-state index in [1.165, 1.54) is 5.56 Å². The number of nitrogens with zero attached hydrogens (tertiary/aromatic N) is 1. The topological polar surface area (TPSA) is 95.6 Å². The van der Waals surface area contributed by atoms with Gasteiger partial charge in [-0.3, -0.25) is 9.59 Å². The molecule has 1 saturated heterocycles. The van der Waals surface area contributed by atoms with E-state index in [0.717, 1.165) is 37.7 Å². The Labute approximate surface area is 196 Å². The van der Waals surface area contributed by atoms with E-state index in [9.17, 15) is 18.0 Å². The molecule has 0 aliphatic carbocycles. The van der Waals surface area contributed by atoms with E-state index in [0.29, 0.717) is 24.4 Å². The van der Waals surface area contributed by atoms with Crippen LogP contribution in [0.1, 0.15) is 43.2 Å². The Morgan fingerprint density at radius 3 is 2.30 bits per heavy atom. The number of hydrogen-bond donors (Lipinski definition) is 2. The van der Waals surface area contributed by atoms with Crippen LogP contribution in [0, 0.1) is 6.92 Å². The second kappa shape index (κ2) is 12.0. The first-order valence-electron chi connectivity index (χ1n) is 11.6. The highest BCUT2D eigenvalue weighted by Gasteiger charge is 2.33. The average Bonchev–Trinajstić information content (AvgIpc) is 2.83. The molecule has 2 aromatic carbocycles. The van der Waals surface area contributed by atoms with E-state index in [4.69, 9.17) is 0 Å². The predicted molar refractivity (Wildman–Crippen MR) is 128 cm³/mol. The number of nitrogens with one attached hydrogen (secondary N) is 2. The molecule has 1 heterocycles. The van der Waals surface area contributed by atoms with E-state index >= 15 is 0 Å². The van der Waals surface area contributed by atoms with Gasteiger partial charge in [0.25, 0.3) is 0 Å². The van der Waals surface area contributed by atoms with Gasteiger partial charge in [0.15, 0.2) is 0 Å². The summed E-state index contributed by atoms with van der Waals surface area (Å²) in [7, 11) is -3.59. The summed E-state index contributed by atoms with van der Waals surface area (Å²) in [6.45, 7) is 3.06. The standard InChI is InChI=1S/C25H33N3O4S/c1-20-12-14-23(15-13-20)33(31,32)28-19-6-5-11-22(28)16-18-27-25(30)24(29)26-17-7-10-21-8-3-2-4-9-21/h2-4,8-9,12-15,22H,5-7,10-11,16-19H2,1H3,(H,26,29)(H,27,30)/t22-/m0/s1. The molecule has 1 fully saturated rings. The van der Waals surface area contributed by atoms with Crippen LogP contribution in [0.4, 0.5) is 0 Å². The molecule has 1 aliphatic heterocycles. The Bertz CT molecular complexity index is 1020. The molecule has 0 unspecified atom stereocenters. The number of benzene rings is 2. The van der Waals surface area contributed by atoms with Crippen LogP contribution >= 0.6 is 0 Å². The van der Waals surface area contributed by atoms with Crippen molar-refractivity contribution in [1.29, 1.82) is 0 Å². The van der Waals surface area contributed by atoms with Crippen LogP contribution in [0.25, 0.3) is 0 Å². The quantitative estimate of drug-likeness (QED) is 0.434. The molecule has 1 aliphatic rings. The van der Waals surface area contributed by atoms with Crippen LogP contribution in [-0.2, 0) is 26.0 Å². The number of hydrogen-bond acceptors (Lipinski definition) is 4. The second-order valence-electron chi connectivity index (χ2n) is 8.47. The molecule has 2 aromatic rings. The van der Waals surface area contributed by atoms with Crippen LogP contribution in [0.5, 0.6) is 0 Å². The molecule has 0 bridgehead atoms. The Hall–Kier alpha value is -2.71. The second-order valence-corrected chi connectivity index (χ2v) is 10.4. The lowest BCUT2D eigenvalue weighted by Crippen LogP contribution is -2.46. The summed E-state index contributed by atoms with van der Waals surface area (Å²) in [6.07, 6.45) is 4.55. The van der Waals surface area contributed by atoms with Gasteiger partial charge in [0, 0.05) is 25.7 Å². The molecule has 0 radical (unpaired) electrons. The van der Waals surface area contributed by atoms with E-state index in [-0.39, 0.29) is 12.6 Å². The SMILES string of the molecule is Cc1ccc(S(=O)(=O)N2CCCC[C@H]2CCNC(=O)C(=O)NCCCc2ccccc2)cc1. The fraction of sp³-hybridized carbons (Fsp3) is 0.440. The average molecular weight is 472 g/mol. The minimum absolute atomic E-state index is 0.195. The fourth-order valence-electron chi connectivity index (χ4n) is 4.08. The molecule has 0 aromatic heterocycles. The summed E-state index contributed by atoms with van der Waals surface area (Å²) < 4.78 is 27.8. The van der Waals surface area contributed by atoms with Gasteiger partial charge >= 0.3 is 11.8 Å². The molecule has 0 saturated carbocycles. The van der Waals surface area contributed by atoms with Gasteiger partial charge in [0.2, 0.25) is 10.0 Å². The fourth-order valence-corrected chi connectivity index (χ4v) is 5.80. The molecule has 1 atom stereocenters. The number of piperidine rings is 1. The van der Waals surface area contributed by atoms with Gasteiger partial charge in [0.1, 0.15) is 0 Å². The number of carbonyl (C=O) groups is 2. The Morgan fingerprint density at radius 2 is 1.61 bits per heavy atom. The van der Waals surface area contributed by atoms with Gasteiger partial charge in [-0.25, -0.2) is 8.42 Å². The normalized spacial score (nSPS) is 16.8. The lowest BCUT2D eigenvalue weighted by Gasteiger charge is -2.34. The van der Waals surface area contributed by atoms with E-state index < -0.39 is 21.8 Å². The number of aryl methyl sites for hydroxylation is 2. The summed E-state index contributed by atoms with van der Waals surface area (Å²) in [5.41, 5.74) is 2.19. The summed E-state index contributed by atoms with van der Waals surface area (Å²) in [5, 5.41) is 5.28. The molecular weight excluding hydrogens is 438 g/mol. The van der Waals surface area contributed by atoms with Gasteiger partial charge in [0.05, 0.1) is 4.90 Å². The zero-order valence-corrected chi connectivity index (χ0v) is 19.9. The summed E-state index contributed by atoms with van der Waals surface area (Å²) in [5.74, 6) is -1.34. The lowest BCUT2D eigenvalue weighted by atomic mass is 10.0. The Balaban J connectivity index is 1.44. The van der Waals surface area contributed by atoms with Gasteiger partial charge in [-0.1, -0.05) is 54.4 Å². The van der Waals surface area contributed by atoms with Gasteiger partial charge < -0.3 is 10.6 Å². The molecule has 178 valence electrons. The molecule has 7 nitrogen and oxygen atoms in total. The molecule has 2 N–H and O–H groups in total. The summed E-state index contributed by atoms with van der Waals surface area (Å²) in [6, 6.07) is 16.6. The van der Waals surface area contributed by atoms with Crippen molar-refractivity contribution < 1.29 is 18.0 Å². The molecule has 33 heavy (non-hydrogen) atoms. The lowest BCUT2D eigenvalue weighted by molar-refractivity contribution is -0.139. The predicted octanol–water partition coefficient (Wildman–Crippen LogP) is 2.79. The van der Waals surface area contributed by atoms with Crippen molar-refractivity contribution >= 4 is 21.8 Å². The third kappa shape index (κ3) is 7.14. The number of carbonyl (C=O) groups excluding carboxylic acids is 2. The van der Waals surface area contributed by atoms with E-state index in [1.54, 1.807) is 28.6 Å². The largest absolute Gasteiger partial charge is 0.348 e. The minimum Gasteiger partial charge on any atom is -0.348 e. The van der Waals surface area contributed by atoms with Crippen LogP contribution in [-0.4, -0.2) is 50.2 Å². The molecule has 3 rings (SSSR count). The molecule has 0 spiro atoms. The minimum atomic E-state index is -3.59. The monoisotopic (exact) mass is 471 g/mol. The van der Waals surface area contributed by atoms with Crippen molar-refractivity contribution in [3.8, 4) is 0 Å². The first-order chi connectivity index (χ1) is 15.9. The van der Waals surface area contributed by atoms with Gasteiger partial charge in [-0.2, -0.15) is 4.31 Å². The third-order valence-electron chi connectivity index (χ3n) is 5.94. The number of rotatable bonds is 9. The van der Waals surface area contributed by atoms with Gasteiger partial charge in [-0.05, 0) is 56.7 Å². The summed E-state index contributed by atoms with van der Waals surface area (Å²) >= 11 is 0. The smallest absolute Gasteiger partial charge is 0.309 e. The number of amides is 2. The van der Waals surface area contributed by atoms with Crippen molar-refractivity contribution in [2.75, 3.05) is 19.6 Å². The van der Waals surface area contributed by atoms with Crippen LogP contribution < -0.4 is 10.6 Å². The first-order valence-corrected chi connectivity index (χ1v) is 13.0. The highest BCUT2D eigenvalue weighted by molar-refractivity contribution is 7.89. The molecule has 2 amide bonds. The van der Waals surface area contributed by atoms with Crippen molar-refractivity contribution in [2.24, 2.45) is 0 Å². The van der Waals surface area contributed by atoms with E-state index in [1.807, 2.05) is 37.3 Å². The van der Waals surface area contributed by atoms with Crippen LogP contribution in [0.3, 0.4) is 0 Å². The van der Waals surface area contributed by atoms with E-state index in [2.05, 4.69) is 10.6 Å². The van der Waals surface area contributed by atoms with Crippen molar-refractivity contribution in [1.82, 2.24) is 14.9 Å². The summed E-state index contributed by atoms with van der Waals surface area (Å²) in [4.78, 5) is 24.5. The maximum absolute atomic E-state index is 13.1. The zero-order valence-electron chi connectivity index (χ0n) is 19.1. The van der Waals surface area contributed by atoms with Crippen molar-refractivity contribution in [3.63, 3.8) is 0 Å². The highest BCUT2D eigenvalue weighted by atomic mass is 32.2. The van der Waals surface area contributed by atoms with Crippen molar-refractivity contribution in [2.45, 2.75) is 56.4 Å². The zero-order chi connectivity index (χ0) is 23.7. The Morgan fingerprint density at radius 1 is 0.939 bits per heavy atom. The highest BCUT2D eigenvalue weighted by Crippen LogP contribution is 2.27. The Kier molecular flexibility index (Phi) is 9.03. The van der Waals surface area contributed by atoms with Gasteiger partial charge in [-0.15, -0.1) is 0 Å². The number of sulfonamides is 1. The molecular formula is C25H33N3O4S. The van der Waals surface area contributed by atoms with Crippen molar-refractivity contribution in [3.05, 3.63) is 65.7 Å². The maximum Gasteiger partial charge on any atom is 0.309 e.